The standard InChI is InChI=1S/C46H59N9O7/c1-29-8-13-35(42(58)54-22-24-55(25-23-54)44(60)62-46(5,6)7)27-37(29)32-14-9-30(10-15-32)26-38(41(57)48-36-20-18-33(19-21-36)39-50-52-53-51-39)49-40(56)34-16-11-31(12-17-34)28-47-43(59)61-45(2,3)4/h8-10,13-15,18-21,27,31,34,38H,11-12,16-17,22-26,28H2,1-7H3,(H,47,59)(H,48,57)(H,49,56)(H,50,51,52,53)/t31?,34?,38-/m0/s1. The van der Waals surface area contributed by atoms with E-state index < -0.39 is 23.3 Å². The van der Waals surface area contributed by atoms with Crippen LogP contribution in [0.5, 0.6) is 0 Å². The minimum absolute atomic E-state index is 0.105. The number of carbonyl (C=O) groups excluding carboxylic acids is 5. The van der Waals surface area contributed by atoms with Crippen LogP contribution in [0.4, 0.5) is 15.3 Å². The van der Waals surface area contributed by atoms with E-state index in [0.29, 0.717) is 62.6 Å². The molecule has 1 saturated heterocycles. The number of piperazine rings is 1. The molecule has 2 aliphatic rings. The van der Waals surface area contributed by atoms with Crippen molar-refractivity contribution >= 4 is 35.6 Å². The van der Waals surface area contributed by atoms with Gasteiger partial charge < -0.3 is 35.2 Å². The van der Waals surface area contributed by atoms with Crippen LogP contribution < -0.4 is 16.0 Å². The van der Waals surface area contributed by atoms with E-state index >= 15 is 0 Å². The SMILES string of the molecule is Cc1ccc(C(=O)N2CCN(C(=O)OC(C)(C)C)CC2)cc1-c1ccc(C[C@H](NC(=O)C2CCC(CNC(=O)OC(C)(C)C)CC2)C(=O)Nc2ccc(-c3nn[nH]n3)cc2)cc1. The summed E-state index contributed by atoms with van der Waals surface area (Å²) in [7, 11) is 0. The van der Waals surface area contributed by atoms with Gasteiger partial charge in [0, 0.05) is 61.9 Å². The summed E-state index contributed by atoms with van der Waals surface area (Å²) in [6.45, 7) is 15.0. The van der Waals surface area contributed by atoms with Gasteiger partial charge in [0.05, 0.1) is 0 Å². The van der Waals surface area contributed by atoms with E-state index in [2.05, 4.69) is 36.6 Å². The molecule has 1 aliphatic heterocycles. The van der Waals surface area contributed by atoms with Gasteiger partial charge in [-0.1, -0.05) is 30.3 Å². The van der Waals surface area contributed by atoms with Gasteiger partial charge in [-0.3, -0.25) is 14.4 Å². The Labute approximate surface area is 362 Å². The number of rotatable bonds is 11. The van der Waals surface area contributed by atoms with E-state index in [0.717, 1.165) is 40.7 Å². The number of aryl methyl sites for hydroxylation is 1. The second-order valence-electron chi connectivity index (χ2n) is 18.2. The summed E-state index contributed by atoms with van der Waals surface area (Å²) in [6.07, 6.45) is 2.20. The van der Waals surface area contributed by atoms with Crippen LogP contribution in [0.25, 0.3) is 22.5 Å². The number of alkyl carbamates (subject to hydrolysis) is 1. The third-order valence-electron chi connectivity index (χ3n) is 10.9. The lowest BCUT2D eigenvalue weighted by molar-refractivity contribution is -0.130. The summed E-state index contributed by atoms with van der Waals surface area (Å²) in [5, 5.41) is 22.9. The highest BCUT2D eigenvalue weighted by Gasteiger charge is 2.31. The molecule has 1 aromatic heterocycles. The molecular formula is C46H59N9O7. The number of hydrogen-bond donors (Lipinski definition) is 4. The van der Waals surface area contributed by atoms with Crippen LogP contribution in [0, 0.1) is 18.8 Å². The number of H-pyrrole nitrogens is 1. The van der Waals surface area contributed by atoms with Crippen molar-refractivity contribution in [2.45, 2.75) is 97.8 Å². The van der Waals surface area contributed by atoms with Gasteiger partial charge in [0.2, 0.25) is 17.6 Å². The second-order valence-corrected chi connectivity index (χ2v) is 18.2. The van der Waals surface area contributed by atoms with Crippen LogP contribution in [0.3, 0.4) is 0 Å². The molecule has 1 aliphatic carbocycles. The first-order valence-electron chi connectivity index (χ1n) is 21.3. The smallest absolute Gasteiger partial charge is 0.410 e. The first-order valence-corrected chi connectivity index (χ1v) is 21.3. The average molecular weight is 850 g/mol. The Hall–Kier alpha value is -6.32. The Morgan fingerprint density at radius 3 is 2.03 bits per heavy atom. The predicted molar refractivity (Wildman–Crippen MR) is 234 cm³/mol. The zero-order chi connectivity index (χ0) is 44.6. The minimum Gasteiger partial charge on any atom is -0.444 e. The Bertz CT molecular complexity index is 2180. The van der Waals surface area contributed by atoms with Gasteiger partial charge in [0.1, 0.15) is 17.2 Å². The fraction of sp³-hybridized carbons (Fsp3) is 0.478. The number of ether oxygens (including phenoxy) is 2. The fourth-order valence-corrected chi connectivity index (χ4v) is 7.61. The van der Waals surface area contributed by atoms with Crippen LogP contribution >= 0.6 is 0 Å². The molecule has 2 fully saturated rings. The Balaban J connectivity index is 1.11. The number of amides is 5. The lowest BCUT2D eigenvalue weighted by atomic mass is 9.81. The van der Waals surface area contributed by atoms with Crippen LogP contribution in [-0.4, -0.2) is 110 Å². The van der Waals surface area contributed by atoms with E-state index in [1.165, 1.54) is 0 Å². The molecule has 2 heterocycles. The fourth-order valence-electron chi connectivity index (χ4n) is 7.61. The van der Waals surface area contributed by atoms with Gasteiger partial charge in [-0.2, -0.15) is 5.21 Å². The van der Waals surface area contributed by atoms with Crippen molar-refractivity contribution in [3.05, 3.63) is 83.4 Å². The monoisotopic (exact) mass is 849 g/mol. The molecule has 16 nitrogen and oxygen atoms in total. The van der Waals surface area contributed by atoms with Crippen LogP contribution in [0.1, 0.15) is 88.7 Å². The lowest BCUT2D eigenvalue weighted by Gasteiger charge is -2.35. The number of hydrogen-bond acceptors (Lipinski definition) is 10. The third kappa shape index (κ3) is 12.6. The zero-order valence-electron chi connectivity index (χ0n) is 36.7. The molecule has 6 rings (SSSR count). The van der Waals surface area contributed by atoms with Crippen LogP contribution in [-0.2, 0) is 25.5 Å². The Morgan fingerprint density at radius 2 is 1.42 bits per heavy atom. The molecule has 330 valence electrons. The van der Waals surface area contributed by atoms with E-state index in [-0.39, 0.29) is 42.1 Å². The van der Waals surface area contributed by atoms with Gasteiger partial charge >= 0.3 is 12.2 Å². The number of aromatic nitrogens is 4. The third-order valence-corrected chi connectivity index (χ3v) is 10.9. The van der Waals surface area contributed by atoms with E-state index in [1.807, 2.05) is 90.9 Å². The van der Waals surface area contributed by atoms with Crippen molar-refractivity contribution in [3.8, 4) is 22.5 Å². The maximum Gasteiger partial charge on any atom is 0.410 e. The van der Waals surface area contributed by atoms with Gasteiger partial charge in [-0.15, -0.1) is 10.2 Å². The van der Waals surface area contributed by atoms with Gasteiger partial charge in [0.25, 0.3) is 5.91 Å². The number of carbonyl (C=O) groups is 5. The highest BCUT2D eigenvalue weighted by atomic mass is 16.6. The van der Waals surface area contributed by atoms with Gasteiger partial charge in [-0.05, 0) is 144 Å². The number of nitrogens with one attached hydrogen (secondary N) is 4. The molecule has 0 unspecified atom stereocenters. The van der Waals surface area contributed by atoms with Crippen LogP contribution in [0.15, 0.2) is 66.7 Å². The maximum absolute atomic E-state index is 13.9. The van der Waals surface area contributed by atoms with Crippen molar-refractivity contribution in [1.29, 1.82) is 0 Å². The molecule has 1 saturated carbocycles. The number of nitrogens with zero attached hydrogens (tertiary/aromatic N) is 5. The predicted octanol–water partition coefficient (Wildman–Crippen LogP) is 6.53. The van der Waals surface area contributed by atoms with Crippen molar-refractivity contribution in [3.63, 3.8) is 0 Å². The molecule has 62 heavy (non-hydrogen) atoms. The van der Waals surface area contributed by atoms with Crippen molar-refractivity contribution in [2.75, 3.05) is 38.0 Å². The highest BCUT2D eigenvalue weighted by molar-refractivity contribution is 5.98. The van der Waals surface area contributed by atoms with Crippen LogP contribution in [0.2, 0.25) is 0 Å². The Kier molecular flexibility index (Phi) is 14.3. The normalized spacial score (nSPS) is 17.4. The molecule has 4 aromatic rings. The summed E-state index contributed by atoms with van der Waals surface area (Å²) in [6, 6.07) is 19.6. The van der Waals surface area contributed by atoms with Crippen molar-refractivity contribution in [1.82, 2.24) is 41.1 Å². The molecule has 0 bridgehead atoms. The van der Waals surface area contributed by atoms with Crippen molar-refractivity contribution < 1.29 is 33.4 Å². The average Bonchev–Trinajstić information content (AvgIpc) is 3.78. The number of aromatic amines is 1. The minimum atomic E-state index is -0.879. The number of anilines is 1. The first-order chi connectivity index (χ1) is 29.4. The van der Waals surface area contributed by atoms with E-state index in [1.54, 1.807) is 34.1 Å². The summed E-state index contributed by atoms with van der Waals surface area (Å²) in [5.41, 5.74) is 4.29. The largest absolute Gasteiger partial charge is 0.444 e. The van der Waals surface area contributed by atoms with Gasteiger partial charge in [-0.25, -0.2) is 9.59 Å². The zero-order valence-corrected chi connectivity index (χ0v) is 36.7. The summed E-state index contributed by atoms with van der Waals surface area (Å²) in [5.74, 6) is -0.271. The molecule has 0 spiro atoms. The lowest BCUT2D eigenvalue weighted by Crippen LogP contribution is -2.51. The molecular weight excluding hydrogens is 791 g/mol. The van der Waals surface area contributed by atoms with E-state index in [4.69, 9.17) is 9.47 Å². The highest BCUT2D eigenvalue weighted by Crippen LogP contribution is 2.30. The van der Waals surface area contributed by atoms with Gasteiger partial charge in [0.15, 0.2) is 0 Å². The quantitative estimate of drug-likeness (QED) is 0.129. The molecule has 3 aromatic carbocycles. The molecule has 16 heteroatoms. The molecule has 1 atom stereocenters. The molecule has 5 amide bonds. The maximum atomic E-state index is 13.9. The summed E-state index contributed by atoms with van der Waals surface area (Å²) < 4.78 is 10.9. The first kappa shape index (κ1) is 45.2. The Morgan fingerprint density at radius 1 is 0.790 bits per heavy atom. The number of tetrazole rings is 1. The summed E-state index contributed by atoms with van der Waals surface area (Å²) in [4.78, 5) is 69.5. The van der Waals surface area contributed by atoms with Crippen molar-refractivity contribution in [2.24, 2.45) is 11.8 Å². The summed E-state index contributed by atoms with van der Waals surface area (Å²) >= 11 is 0. The topological polar surface area (TPSA) is 201 Å². The molecule has 0 radical (unpaired) electrons. The second kappa shape index (κ2) is 19.6. The molecule has 4 N–H and O–H groups in total. The van der Waals surface area contributed by atoms with E-state index in [9.17, 15) is 24.0 Å². The number of benzene rings is 3.